The first-order valence-electron chi connectivity index (χ1n) is 5.89. The van der Waals surface area contributed by atoms with Gasteiger partial charge in [-0.05, 0) is 30.7 Å². The topological polar surface area (TPSA) is 3.24 Å². The number of halogens is 3. The van der Waals surface area contributed by atoms with Crippen molar-refractivity contribution in [3.8, 4) is 0 Å². The molecule has 0 amide bonds. The molecular weight excluding hydrogens is 270 g/mol. The maximum Gasteiger partial charge on any atom is 0.497 e. The van der Waals surface area contributed by atoms with Gasteiger partial charge in [-0.2, -0.15) is 0 Å². The number of hydrogen-bond acceptors (Lipinski definition) is 2. The smallest absolute Gasteiger partial charge is 0.448 e. The number of anilines is 2. The summed E-state index contributed by atoms with van der Waals surface area (Å²) in [6.45, 7) is -4.88. The number of benzene rings is 2. The van der Waals surface area contributed by atoms with E-state index >= 15 is 0 Å². The summed E-state index contributed by atoms with van der Waals surface area (Å²) in [7, 11) is 0. The molecule has 1 aliphatic heterocycles. The van der Waals surface area contributed by atoms with Crippen molar-refractivity contribution < 1.29 is 12.9 Å². The lowest BCUT2D eigenvalue weighted by molar-refractivity contribution is 0.471. The second-order valence-electron chi connectivity index (χ2n) is 4.36. The van der Waals surface area contributed by atoms with Crippen LogP contribution < -0.4 is 4.90 Å². The van der Waals surface area contributed by atoms with Crippen LogP contribution in [-0.2, 0) is 0 Å². The van der Waals surface area contributed by atoms with E-state index in [1.165, 1.54) is 16.7 Å². The first kappa shape index (κ1) is 12.5. The van der Waals surface area contributed by atoms with Gasteiger partial charge in [-0.3, -0.25) is 0 Å². The second kappa shape index (κ2) is 4.52. The summed E-state index contributed by atoms with van der Waals surface area (Å²) in [4.78, 5) is 3.09. The molecule has 0 spiro atoms. The van der Waals surface area contributed by atoms with E-state index in [1.807, 2.05) is 24.3 Å². The molecule has 3 rings (SSSR count). The fraction of sp³-hybridized carbons (Fsp3) is 0.0769. The molecular formula is C13H10BF3NS-. The Balaban J connectivity index is 2.11. The molecule has 98 valence electrons. The summed E-state index contributed by atoms with van der Waals surface area (Å²) in [5.41, 5.74) is 1.26. The minimum absolute atomic E-state index is 0.630. The molecule has 19 heavy (non-hydrogen) atoms. The number of rotatable bonds is 2. The Labute approximate surface area is 113 Å². The van der Waals surface area contributed by atoms with Crippen LogP contribution in [0.25, 0.3) is 0 Å². The van der Waals surface area contributed by atoms with Crippen molar-refractivity contribution in [3.63, 3.8) is 0 Å². The summed E-state index contributed by atoms with van der Waals surface area (Å²) in [6.07, 6.45) is -0.908. The fourth-order valence-electron chi connectivity index (χ4n) is 2.18. The molecule has 0 unspecified atom stereocenters. The van der Waals surface area contributed by atoms with Crippen LogP contribution in [0.3, 0.4) is 0 Å². The standard InChI is InChI=1S/C13H10BF3NS/c15-14(16,17)9-18-10-5-1-3-7-12(10)19-13-8-4-2-6-11(13)18/h1-8H,9H2/q-1. The zero-order valence-corrected chi connectivity index (χ0v) is 10.7. The SMILES string of the molecule is F[B-](F)(F)CN1c2ccccc2Sc2ccccc21. The maximum atomic E-state index is 12.8. The van der Waals surface area contributed by atoms with E-state index in [9.17, 15) is 12.9 Å². The molecule has 1 nitrogen and oxygen atoms in total. The zero-order chi connectivity index (χ0) is 13.5. The van der Waals surface area contributed by atoms with Crippen LogP contribution in [0.5, 0.6) is 0 Å². The van der Waals surface area contributed by atoms with Crippen molar-refractivity contribution >= 4 is 30.1 Å². The van der Waals surface area contributed by atoms with E-state index in [-0.39, 0.29) is 0 Å². The minimum atomic E-state index is -4.88. The summed E-state index contributed by atoms with van der Waals surface area (Å²) < 4.78 is 38.5. The number of para-hydroxylation sites is 2. The van der Waals surface area contributed by atoms with Crippen LogP contribution in [0, 0.1) is 0 Å². The van der Waals surface area contributed by atoms with Crippen LogP contribution in [0.1, 0.15) is 0 Å². The largest absolute Gasteiger partial charge is 0.497 e. The minimum Gasteiger partial charge on any atom is -0.448 e. The summed E-state index contributed by atoms with van der Waals surface area (Å²) in [5, 5.41) is 0. The Hall–Kier alpha value is -1.56. The highest BCUT2D eigenvalue weighted by molar-refractivity contribution is 7.99. The van der Waals surface area contributed by atoms with E-state index in [4.69, 9.17) is 0 Å². The fourth-order valence-corrected chi connectivity index (χ4v) is 3.28. The van der Waals surface area contributed by atoms with E-state index in [0.717, 1.165) is 9.79 Å². The lowest BCUT2D eigenvalue weighted by Gasteiger charge is -2.36. The Bertz CT molecular complexity index is 569. The average Bonchev–Trinajstić information content (AvgIpc) is 2.37. The molecule has 0 radical (unpaired) electrons. The van der Waals surface area contributed by atoms with Gasteiger partial charge in [0.1, 0.15) is 0 Å². The van der Waals surface area contributed by atoms with Gasteiger partial charge in [0.05, 0.1) is 11.4 Å². The molecule has 0 saturated heterocycles. The lowest BCUT2D eigenvalue weighted by Crippen LogP contribution is -2.36. The number of hydrogen-bond donors (Lipinski definition) is 0. The van der Waals surface area contributed by atoms with Crippen LogP contribution in [0.4, 0.5) is 24.3 Å². The van der Waals surface area contributed by atoms with Gasteiger partial charge >= 0.3 is 6.98 Å². The van der Waals surface area contributed by atoms with Crippen molar-refractivity contribution in [2.75, 3.05) is 11.3 Å². The van der Waals surface area contributed by atoms with Crippen molar-refractivity contribution in [1.82, 2.24) is 0 Å². The predicted molar refractivity (Wildman–Crippen MR) is 73.1 cm³/mol. The number of nitrogens with zero attached hydrogens (tertiary/aromatic N) is 1. The van der Waals surface area contributed by atoms with Gasteiger partial charge in [-0.25, -0.2) is 0 Å². The first-order chi connectivity index (χ1) is 9.04. The second-order valence-corrected chi connectivity index (χ2v) is 5.44. The van der Waals surface area contributed by atoms with Crippen molar-refractivity contribution in [1.29, 1.82) is 0 Å². The molecule has 0 fully saturated rings. The molecule has 0 saturated carbocycles. The summed E-state index contributed by atoms with van der Waals surface area (Å²) >= 11 is 1.51. The third-order valence-electron chi connectivity index (χ3n) is 2.92. The van der Waals surface area contributed by atoms with Crippen LogP contribution in [0.15, 0.2) is 58.3 Å². The Morgan fingerprint density at radius 3 is 1.79 bits per heavy atom. The molecule has 1 aliphatic rings. The van der Waals surface area contributed by atoms with Crippen molar-refractivity contribution in [2.45, 2.75) is 9.79 Å². The summed E-state index contributed by atoms with van der Waals surface area (Å²) in [6, 6.07) is 14.4. The third-order valence-corrected chi connectivity index (χ3v) is 4.05. The molecule has 6 heteroatoms. The lowest BCUT2D eigenvalue weighted by atomic mass is 9.90. The van der Waals surface area contributed by atoms with Gasteiger partial charge in [0.15, 0.2) is 0 Å². The van der Waals surface area contributed by atoms with Crippen molar-refractivity contribution in [3.05, 3.63) is 48.5 Å². The zero-order valence-electron chi connectivity index (χ0n) is 9.89. The van der Waals surface area contributed by atoms with Gasteiger partial charge in [-0.1, -0.05) is 36.0 Å². The molecule has 0 N–H and O–H groups in total. The molecule has 0 bridgehead atoms. The molecule has 0 aromatic heterocycles. The molecule has 2 aromatic carbocycles. The van der Waals surface area contributed by atoms with Crippen molar-refractivity contribution in [2.24, 2.45) is 0 Å². The van der Waals surface area contributed by atoms with Crippen LogP contribution in [-0.4, -0.2) is 13.4 Å². The van der Waals surface area contributed by atoms with Crippen LogP contribution >= 0.6 is 11.8 Å². The highest BCUT2D eigenvalue weighted by atomic mass is 32.2. The van der Waals surface area contributed by atoms with Gasteiger partial charge in [0, 0.05) is 9.79 Å². The van der Waals surface area contributed by atoms with Crippen LogP contribution in [0.2, 0.25) is 0 Å². The van der Waals surface area contributed by atoms with E-state index < -0.39 is 13.4 Å². The normalized spacial score (nSPS) is 13.9. The van der Waals surface area contributed by atoms with E-state index in [1.54, 1.807) is 24.3 Å². The molecule has 0 atom stereocenters. The number of fused-ring (bicyclic) bond motifs is 2. The summed E-state index contributed by atoms with van der Waals surface area (Å²) in [5.74, 6) is 0. The Morgan fingerprint density at radius 1 is 0.842 bits per heavy atom. The highest BCUT2D eigenvalue weighted by Gasteiger charge is 2.31. The van der Waals surface area contributed by atoms with Gasteiger partial charge in [-0.15, -0.1) is 0 Å². The Morgan fingerprint density at radius 2 is 1.32 bits per heavy atom. The Kier molecular flexibility index (Phi) is 2.97. The highest BCUT2D eigenvalue weighted by Crippen LogP contribution is 2.48. The third kappa shape index (κ3) is 2.45. The molecule has 2 aromatic rings. The van der Waals surface area contributed by atoms with Gasteiger partial charge < -0.3 is 17.8 Å². The van der Waals surface area contributed by atoms with E-state index in [0.29, 0.717) is 11.4 Å². The van der Waals surface area contributed by atoms with Gasteiger partial charge in [0.2, 0.25) is 0 Å². The first-order valence-corrected chi connectivity index (χ1v) is 6.71. The van der Waals surface area contributed by atoms with Gasteiger partial charge in [0.25, 0.3) is 0 Å². The molecule has 0 aliphatic carbocycles. The average molecular weight is 280 g/mol. The monoisotopic (exact) mass is 280 g/mol. The predicted octanol–water partition coefficient (Wildman–Crippen LogP) is 4.68. The van der Waals surface area contributed by atoms with E-state index in [2.05, 4.69) is 0 Å². The maximum absolute atomic E-state index is 12.8. The molecule has 1 heterocycles. The quantitative estimate of drug-likeness (QED) is 0.735.